The first-order valence-electron chi connectivity index (χ1n) is 23.7. The Bertz CT molecular complexity index is 634. The fourth-order valence-corrected chi connectivity index (χ4v) is 8.83. The second-order valence-corrected chi connectivity index (χ2v) is 17.1. The van der Waals surface area contributed by atoms with E-state index in [4.69, 9.17) is 0 Å². The highest BCUT2D eigenvalue weighted by Gasteiger charge is 2.31. The Morgan fingerprint density at radius 2 is 0.481 bits per heavy atom. The molecule has 4 nitrogen and oxygen atoms in total. The molecule has 0 atom stereocenters. The van der Waals surface area contributed by atoms with E-state index in [0.29, 0.717) is 0 Å². The lowest BCUT2D eigenvalue weighted by Crippen LogP contribution is -3.00. The predicted octanol–water partition coefficient (Wildman–Crippen LogP) is 7.20. The van der Waals surface area contributed by atoms with Crippen LogP contribution in [-0.4, -0.2) is 97.6 Å². The fraction of sp³-hybridized carbons (Fsp3) is 1.00. The molecule has 1 aliphatic heterocycles. The van der Waals surface area contributed by atoms with Crippen molar-refractivity contribution >= 4 is 0 Å². The number of halogens is 2. The Balaban J connectivity index is 0. The highest BCUT2D eigenvalue weighted by molar-refractivity contribution is 4.69. The van der Waals surface area contributed by atoms with E-state index in [0.717, 1.165) is 0 Å². The van der Waals surface area contributed by atoms with Crippen LogP contribution < -0.4 is 34.0 Å². The molecule has 0 aromatic carbocycles. The van der Waals surface area contributed by atoms with Gasteiger partial charge in [0.15, 0.2) is 0 Å². The zero-order chi connectivity index (χ0) is 36.4. The van der Waals surface area contributed by atoms with Gasteiger partial charge in [-0.1, -0.05) is 168 Å². The van der Waals surface area contributed by atoms with Gasteiger partial charge < -0.3 is 42.9 Å². The van der Waals surface area contributed by atoms with Crippen molar-refractivity contribution in [1.82, 2.24) is 9.80 Å². The second kappa shape index (κ2) is 38.7. The first-order chi connectivity index (χ1) is 24.5. The molecule has 0 bridgehead atoms. The van der Waals surface area contributed by atoms with E-state index in [1.807, 2.05) is 0 Å². The first-order valence-corrected chi connectivity index (χ1v) is 23.7. The van der Waals surface area contributed by atoms with Crippen LogP contribution in [0.1, 0.15) is 221 Å². The van der Waals surface area contributed by atoms with Gasteiger partial charge in [-0.15, -0.1) is 0 Å². The number of unbranched alkanes of at least 4 members (excludes halogenated alkanes) is 26. The van der Waals surface area contributed by atoms with Gasteiger partial charge in [-0.2, -0.15) is 0 Å². The van der Waals surface area contributed by atoms with E-state index in [1.54, 1.807) is 0 Å². The van der Waals surface area contributed by atoms with Crippen LogP contribution in [0, 0.1) is 0 Å². The normalized spacial score (nSPS) is 14.4. The maximum absolute atomic E-state index is 2.83. The zero-order valence-corrected chi connectivity index (χ0v) is 40.0. The Hall–Kier alpha value is 0.800. The van der Waals surface area contributed by atoms with Gasteiger partial charge in [0.2, 0.25) is 0 Å². The van der Waals surface area contributed by atoms with Crippen molar-refractivity contribution in [3.05, 3.63) is 0 Å². The summed E-state index contributed by atoms with van der Waals surface area (Å²) in [5.74, 6) is 0. The molecular weight excluding hydrogens is 768 g/mol. The molecule has 0 spiro atoms. The lowest BCUT2D eigenvalue weighted by Gasteiger charge is -2.46. The quantitative estimate of drug-likeness (QED) is 0.0479. The molecule has 0 N–H and O–H groups in total. The average molecular weight is 867 g/mol. The molecule has 316 valence electrons. The SMILES string of the molecule is CCCCCCCCCCCCCCCC[N+](CC)(CC)CN1CCN(C[N+](CC)(CC)CCCCCCCCCCCCCCCC)CC1.[Br-].[Br-]. The molecule has 0 radical (unpaired) electrons. The van der Waals surface area contributed by atoms with Gasteiger partial charge >= 0.3 is 0 Å². The van der Waals surface area contributed by atoms with Crippen LogP contribution in [0.15, 0.2) is 0 Å². The molecule has 0 aromatic heterocycles. The number of rotatable bonds is 38. The van der Waals surface area contributed by atoms with Crippen molar-refractivity contribution in [2.75, 3.05) is 78.8 Å². The standard InChI is InChI=1S/C46H98N4.2BrH/c1-7-13-15-17-19-21-23-25-27-29-31-33-35-37-43-49(9-3,10-4)45-47-39-41-48(42-40-47)46-50(11-5,12-6)44-38-36-34-32-30-28-26-24-22-20-18-16-14-8-2;;/h7-46H2,1-6H3;2*1H/q+2;;/p-2. The first kappa shape index (κ1) is 54.9. The van der Waals surface area contributed by atoms with Gasteiger partial charge in [-0.25, -0.2) is 0 Å². The van der Waals surface area contributed by atoms with Crippen LogP contribution in [0.3, 0.4) is 0 Å². The summed E-state index contributed by atoms with van der Waals surface area (Å²) >= 11 is 0. The molecule has 0 amide bonds. The molecule has 1 heterocycles. The largest absolute Gasteiger partial charge is 1.00 e. The monoisotopic (exact) mass is 865 g/mol. The number of hydrogen-bond donors (Lipinski definition) is 0. The molecule has 6 heteroatoms. The molecule has 0 aromatic rings. The number of piperazine rings is 1. The summed E-state index contributed by atoms with van der Waals surface area (Å²) in [5, 5.41) is 0. The third-order valence-electron chi connectivity index (χ3n) is 13.1. The van der Waals surface area contributed by atoms with Crippen LogP contribution in [0.5, 0.6) is 0 Å². The van der Waals surface area contributed by atoms with Crippen LogP contribution in [-0.2, 0) is 0 Å². The minimum Gasteiger partial charge on any atom is -1.00 e. The fourth-order valence-electron chi connectivity index (χ4n) is 8.83. The number of quaternary nitrogens is 2. The third kappa shape index (κ3) is 28.2. The molecule has 1 fully saturated rings. The average Bonchev–Trinajstić information content (AvgIpc) is 3.14. The van der Waals surface area contributed by atoms with E-state index in [9.17, 15) is 0 Å². The minimum atomic E-state index is 0. The van der Waals surface area contributed by atoms with E-state index in [2.05, 4.69) is 51.3 Å². The maximum Gasteiger partial charge on any atom is 0.135 e. The zero-order valence-electron chi connectivity index (χ0n) is 36.8. The summed E-state index contributed by atoms with van der Waals surface area (Å²) in [4.78, 5) is 5.65. The lowest BCUT2D eigenvalue weighted by molar-refractivity contribution is -0.936. The highest BCUT2D eigenvalue weighted by Crippen LogP contribution is 2.19. The molecule has 0 unspecified atom stereocenters. The van der Waals surface area contributed by atoms with Gasteiger partial charge in [-0.05, 0) is 53.4 Å². The van der Waals surface area contributed by atoms with Gasteiger partial charge in [0.1, 0.15) is 13.3 Å². The third-order valence-corrected chi connectivity index (χ3v) is 13.1. The molecule has 52 heavy (non-hydrogen) atoms. The Morgan fingerprint density at radius 3 is 0.673 bits per heavy atom. The van der Waals surface area contributed by atoms with Gasteiger partial charge in [-0.3, -0.25) is 9.80 Å². The van der Waals surface area contributed by atoms with Crippen molar-refractivity contribution in [3.8, 4) is 0 Å². The van der Waals surface area contributed by atoms with Crippen LogP contribution >= 0.6 is 0 Å². The molecule has 1 rings (SSSR count). The van der Waals surface area contributed by atoms with Crippen LogP contribution in [0.4, 0.5) is 0 Å². The topological polar surface area (TPSA) is 6.48 Å². The van der Waals surface area contributed by atoms with Crippen molar-refractivity contribution < 1.29 is 42.9 Å². The second-order valence-electron chi connectivity index (χ2n) is 17.1. The molecular formula is C46H98Br2N4. The smallest absolute Gasteiger partial charge is 0.135 e. The Morgan fingerprint density at radius 1 is 0.288 bits per heavy atom. The summed E-state index contributed by atoms with van der Waals surface area (Å²) in [6.45, 7) is 30.0. The predicted molar refractivity (Wildman–Crippen MR) is 226 cm³/mol. The lowest BCUT2D eigenvalue weighted by atomic mass is 10.0. The highest BCUT2D eigenvalue weighted by atomic mass is 79.9. The molecule has 0 saturated carbocycles. The number of hydrogen-bond acceptors (Lipinski definition) is 2. The van der Waals surface area contributed by atoms with Crippen LogP contribution in [0.2, 0.25) is 0 Å². The van der Waals surface area contributed by atoms with Crippen molar-refractivity contribution in [3.63, 3.8) is 0 Å². The summed E-state index contributed by atoms with van der Waals surface area (Å²) in [7, 11) is 0. The van der Waals surface area contributed by atoms with Crippen molar-refractivity contribution in [1.29, 1.82) is 0 Å². The van der Waals surface area contributed by atoms with Gasteiger partial charge in [0, 0.05) is 26.2 Å². The van der Waals surface area contributed by atoms with Crippen LogP contribution in [0.25, 0.3) is 0 Å². The van der Waals surface area contributed by atoms with Crippen molar-refractivity contribution in [2.45, 2.75) is 221 Å². The Kier molecular flexibility index (Phi) is 40.8. The van der Waals surface area contributed by atoms with E-state index >= 15 is 0 Å². The summed E-state index contributed by atoms with van der Waals surface area (Å²) in [5.41, 5.74) is 0. The minimum absolute atomic E-state index is 0. The van der Waals surface area contributed by atoms with E-state index in [1.165, 1.54) is 268 Å². The molecule has 0 aliphatic carbocycles. The van der Waals surface area contributed by atoms with E-state index in [-0.39, 0.29) is 34.0 Å². The van der Waals surface area contributed by atoms with Crippen molar-refractivity contribution in [2.24, 2.45) is 0 Å². The summed E-state index contributed by atoms with van der Waals surface area (Å²) < 4.78 is 2.61. The maximum atomic E-state index is 2.83. The van der Waals surface area contributed by atoms with E-state index < -0.39 is 0 Å². The molecule has 1 saturated heterocycles. The molecule has 1 aliphatic rings. The number of nitrogens with zero attached hydrogens (tertiary/aromatic N) is 4. The Labute approximate surface area is 351 Å². The van der Waals surface area contributed by atoms with Gasteiger partial charge in [0.05, 0.1) is 39.3 Å². The summed E-state index contributed by atoms with van der Waals surface area (Å²) in [6.07, 6.45) is 40.7. The summed E-state index contributed by atoms with van der Waals surface area (Å²) in [6, 6.07) is 0. The van der Waals surface area contributed by atoms with Gasteiger partial charge in [0.25, 0.3) is 0 Å².